The van der Waals surface area contributed by atoms with Gasteiger partial charge in [-0.3, -0.25) is 4.68 Å². The third kappa shape index (κ3) is 3.11. The average Bonchev–Trinajstić information content (AvgIpc) is 2.74. The van der Waals surface area contributed by atoms with Gasteiger partial charge in [-0.25, -0.2) is 4.79 Å². The summed E-state index contributed by atoms with van der Waals surface area (Å²) < 4.78 is 2.77. The van der Waals surface area contributed by atoms with E-state index >= 15 is 0 Å². The zero-order valence-electron chi connectivity index (χ0n) is 11.5. The highest BCUT2D eigenvalue weighted by molar-refractivity contribution is 9.10. The SMILES string of the molecule is CC(C)(C)C1CC(n2ccc(Br)n2)CCN1C(=O)O. The lowest BCUT2D eigenvalue weighted by Crippen LogP contribution is -2.51. The van der Waals surface area contributed by atoms with Crippen molar-refractivity contribution >= 4 is 22.0 Å². The monoisotopic (exact) mass is 329 g/mol. The van der Waals surface area contributed by atoms with Crippen molar-refractivity contribution in [3.63, 3.8) is 0 Å². The van der Waals surface area contributed by atoms with Crippen LogP contribution in [0.5, 0.6) is 0 Å². The Morgan fingerprint density at radius 1 is 1.53 bits per heavy atom. The summed E-state index contributed by atoms with van der Waals surface area (Å²) in [4.78, 5) is 12.9. The van der Waals surface area contributed by atoms with Gasteiger partial charge >= 0.3 is 6.09 Å². The fraction of sp³-hybridized carbons (Fsp3) is 0.692. The Labute approximate surface area is 121 Å². The van der Waals surface area contributed by atoms with Crippen molar-refractivity contribution in [1.29, 1.82) is 0 Å². The Morgan fingerprint density at radius 3 is 2.68 bits per heavy atom. The van der Waals surface area contributed by atoms with Crippen LogP contribution in [0.3, 0.4) is 0 Å². The summed E-state index contributed by atoms with van der Waals surface area (Å²) in [5.41, 5.74) is -0.0680. The van der Waals surface area contributed by atoms with E-state index in [0.29, 0.717) is 6.54 Å². The largest absolute Gasteiger partial charge is 0.465 e. The third-order valence-electron chi connectivity index (χ3n) is 3.77. The minimum atomic E-state index is -0.819. The fourth-order valence-corrected chi connectivity index (χ4v) is 3.06. The predicted octanol–water partition coefficient (Wildman–Crippen LogP) is 3.38. The number of likely N-dealkylation sites (tertiary alicyclic amines) is 1. The first-order valence-corrected chi connectivity index (χ1v) is 7.28. The highest BCUT2D eigenvalue weighted by Crippen LogP contribution is 2.36. The molecule has 5 nitrogen and oxygen atoms in total. The van der Waals surface area contributed by atoms with Gasteiger partial charge in [0, 0.05) is 18.8 Å². The summed E-state index contributed by atoms with van der Waals surface area (Å²) in [6, 6.07) is 2.20. The Kier molecular flexibility index (Phi) is 3.90. The van der Waals surface area contributed by atoms with E-state index in [-0.39, 0.29) is 17.5 Å². The molecule has 0 bridgehead atoms. The van der Waals surface area contributed by atoms with E-state index in [9.17, 15) is 9.90 Å². The van der Waals surface area contributed by atoms with Gasteiger partial charge in [0.2, 0.25) is 0 Å². The summed E-state index contributed by atoms with van der Waals surface area (Å²) in [7, 11) is 0. The summed E-state index contributed by atoms with van der Waals surface area (Å²) in [5.74, 6) is 0. The molecule has 1 aliphatic heterocycles. The number of hydrogen-bond donors (Lipinski definition) is 1. The van der Waals surface area contributed by atoms with Crippen molar-refractivity contribution in [2.75, 3.05) is 6.54 Å². The van der Waals surface area contributed by atoms with Crippen LogP contribution in [0.15, 0.2) is 16.9 Å². The first-order chi connectivity index (χ1) is 8.79. The summed E-state index contributed by atoms with van der Waals surface area (Å²) in [6.07, 6.45) is 2.75. The van der Waals surface area contributed by atoms with E-state index in [2.05, 4.69) is 41.8 Å². The molecular weight excluding hydrogens is 310 g/mol. The molecule has 2 atom stereocenters. The zero-order valence-corrected chi connectivity index (χ0v) is 13.1. The van der Waals surface area contributed by atoms with Gasteiger partial charge in [0.1, 0.15) is 4.60 Å². The Morgan fingerprint density at radius 2 is 2.21 bits per heavy atom. The molecule has 0 spiro atoms. The maximum absolute atomic E-state index is 11.4. The average molecular weight is 330 g/mol. The Balaban J connectivity index is 2.19. The van der Waals surface area contributed by atoms with Gasteiger partial charge in [-0.1, -0.05) is 20.8 Å². The van der Waals surface area contributed by atoms with Crippen LogP contribution in [0.4, 0.5) is 4.79 Å². The van der Waals surface area contributed by atoms with Gasteiger partial charge in [-0.15, -0.1) is 0 Å². The van der Waals surface area contributed by atoms with Gasteiger partial charge in [0.25, 0.3) is 0 Å². The number of hydrogen-bond acceptors (Lipinski definition) is 2. The molecule has 2 unspecified atom stereocenters. The van der Waals surface area contributed by atoms with Crippen molar-refractivity contribution < 1.29 is 9.90 Å². The normalized spacial score (nSPS) is 24.5. The smallest absolute Gasteiger partial charge is 0.407 e. The molecule has 1 aliphatic rings. The highest BCUT2D eigenvalue weighted by atomic mass is 79.9. The molecule has 1 N–H and O–H groups in total. The van der Waals surface area contributed by atoms with Gasteiger partial charge in [0.15, 0.2) is 0 Å². The van der Waals surface area contributed by atoms with Gasteiger partial charge in [-0.05, 0) is 40.3 Å². The molecule has 0 aliphatic carbocycles. The van der Waals surface area contributed by atoms with Gasteiger partial charge < -0.3 is 10.0 Å². The third-order valence-corrected chi connectivity index (χ3v) is 4.19. The van der Waals surface area contributed by atoms with Crippen molar-refractivity contribution in [3.8, 4) is 0 Å². The summed E-state index contributed by atoms with van der Waals surface area (Å²) >= 11 is 3.35. The van der Waals surface area contributed by atoms with E-state index in [0.717, 1.165) is 17.4 Å². The lowest BCUT2D eigenvalue weighted by Gasteiger charge is -2.44. The summed E-state index contributed by atoms with van der Waals surface area (Å²) in [5, 5.41) is 13.7. The Hall–Kier alpha value is -1.04. The fourth-order valence-electron chi connectivity index (χ4n) is 2.76. The van der Waals surface area contributed by atoms with Crippen molar-refractivity contribution in [3.05, 3.63) is 16.9 Å². The maximum Gasteiger partial charge on any atom is 0.407 e. The second kappa shape index (κ2) is 5.15. The molecule has 0 radical (unpaired) electrons. The van der Waals surface area contributed by atoms with Crippen molar-refractivity contribution in [2.24, 2.45) is 5.41 Å². The lowest BCUT2D eigenvalue weighted by molar-refractivity contribution is 0.0407. The number of aromatic nitrogens is 2. The molecule has 6 heteroatoms. The van der Waals surface area contributed by atoms with Crippen LogP contribution < -0.4 is 0 Å². The number of halogens is 1. The van der Waals surface area contributed by atoms with Gasteiger partial charge in [0.05, 0.1) is 6.04 Å². The molecule has 19 heavy (non-hydrogen) atoms. The molecular formula is C13H20BrN3O2. The molecule has 2 rings (SSSR count). The van der Waals surface area contributed by atoms with Crippen LogP contribution in [-0.4, -0.2) is 38.5 Å². The van der Waals surface area contributed by atoms with E-state index in [1.807, 2.05) is 16.9 Å². The molecule has 0 aromatic carbocycles. The summed E-state index contributed by atoms with van der Waals surface area (Å²) in [6.45, 7) is 6.85. The number of rotatable bonds is 1. The van der Waals surface area contributed by atoms with Crippen LogP contribution in [0.25, 0.3) is 0 Å². The molecule has 1 amide bonds. The molecule has 1 aromatic heterocycles. The van der Waals surface area contributed by atoms with Gasteiger partial charge in [-0.2, -0.15) is 5.10 Å². The minimum Gasteiger partial charge on any atom is -0.465 e. The highest BCUT2D eigenvalue weighted by Gasteiger charge is 2.39. The molecule has 1 saturated heterocycles. The first kappa shape index (κ1) is 14.4. The van der Waals surface area contributed by atoms with Crippen LogP contribution >= 0.6 is 15.9 Å². The number of amides is 1. The molecule has 0 saturated carbocycles. The van der Waals surface area contributed by atoms with Crippen molar-refractivity contribution in [1.82, 2.24) is 14.7 Å². The van der Waals surface area contributed by atoms with Crippen LogP contribution in [0.1, 0.15) is 39.7 Å². The lowest BCUT2D eigenvalue weighted by atomic mass is 9.79. The van der Waals surface area contributed by atoms with Crippen LogP contribution in [0, 0.1) is 5.41 Å². The minimum absolute atomic E-state index is 0.0201. The standard InChI is InChI=1S/C13H20BrN3O2/c1-13(2,3)10-8-9(4-6-16(10)12(18)19)17-7-5-11(14)15-17/h5,7,9-10H,4,6,8H2,1-3H3,(H,18,19). The van der Waals surface area contributed by atoms with Crippen LogP contribution in [-0.2, 0) is 0 Å². The molecule has 1 fully saturated rings. The number of nitrogens with zero attached hydrogens (tertiary/aromatic N) is 3. The predicted molar refractivity (Wildman–Crippen MR) is 76.2 cm³/mol. The molecule has 2 heterocycles. The zero-order chi connectivity index (χ0) is 14.2. The van der Waals surface area contributed by atoms with Crippen molar-refractivity contribution in [2.45, 2.75) is 45.7 Å². The second-order valence-electron chi connectivity index (χ2n) is 6.15. The first-order valence-electron chi connectivity index (χ1n) is 6.49. The molecule has 106 valence electrons. The van der Waals surface area contributed by atoms with E-state index in [1.54, 1.807) is 4.90 Å². The quantitative estimate of drug-likeness (QED) is 0.859. The Bertz CT molecular complexity index is 467. The second-order valence-corrected chi connectivity index (χ2v) is 6.97. The maximum atomic E-state index is 11.4. The number of piperidine rings is 1. The number of carboxylic acid groups (broad SMARTS) is 1. The number of carbonyl (C=O) groups is 1. The van der Waals surface area contributed by atoms with E-state index in [4.69, 9.17) is 0 Å². The van der Waals surface area contributed by atoms with E-state index in [1.165, 1.54) is 0 Å². The van der Waals surface area contributed by atoms with E-state index < -0.39 is 6.09 Å². The molecule has 1 aromatic rings. The van der Waals surface area contributed by atoms with Crippen LogP contribution in [0.2, 0.25) is 0 Å². The topological polar surface area (TPSA) is 58.4 Å².